The summed E-state index contributed by atoms with van der Waals surface area (Å²) >= 11 is 0. The van der Waals surface area contributed by atoms with Gasteiger partial charge in [-0.15, -0.1) is 0 Å². The van der Waals surface area contributed by atoms with Crippen molar-refractivity contribution >= 4 is 18.6 Å². The minimum Gasteiger partial charge on any atom is -0.477 e. The quantitative estimate of drug-likeness (QED) is 0.585. The van der Waals surface area contributed by atoms with Crippen LogP contribution in [0.1, 0.15) is 10.4 Å². The largest absolute Gasteiger partial charge is 0.488 e. The van der Waals surface area contributed by atoms with Crippen molar-refractivity contribution in [2.24, 2.45) is 0 Å². The molecule has 2 aromatic rings. The molecule has 0 spiro atoms. The van der Waals surface area contributed by atoms with E-state index in [-0.39, 0.29) is 11.2 Å². The molecule has 1 heterocycles. The molecule has 3 N–H and O–H groups in total. The highest BCUT2D eigenvalue weighted by Crippen LogP contribution is 2.02. The summed E-state index contributed by atoms with van der Waals surface area (Å²) in [5, 5.41) is 30.7. The Bertz CT molecular complexity index is 683. The van der Waals surface area contributed by atoms with Crippen LogP contribution in [0.3, 0.4) is 0 Å². The molecule has 0 bridgehead atoms. The lowest BCUT2D eigenvalue weighted by Crippen LogP contribution is -2.32. The average molecular weight is 260 g/mol. The Balaban J connectivity index is 2.60. The number of hydrogen-bond acceptors (Lipinski definition) is 5. The van der Waals surface area contributed by atoms with Crippen molar-refractivity contribution in [3.8, 4) is 5.69 Å². The number of hydrogen-bond donors (Lipinski definition) is 3. The Hall–Kier alpha value is -2.45. The molecule has 0 radical (unpaired) electrons. The van der Waals surface area contributed by atoms with Crippen LogP contribution in [0.4, 0.5) is 0 Å². The van der Waals surface area contributed by atoms with E-state index in [0.717, 1.165) is 10.7 Å². The van der Waals surface area contributed by atoms with E-state index < -0.39 is 24.2 Å². The predicted octanol–water partition coefficient (Wildman–Crippen LogP) is -1.39. The van der Waals surface area contributed by atoms with E-state index in [1.54, 1.807) is 0 Å². The summed E-state index contributed by atoms with van der Waals surface area (Å²) in [6, 6.07) is 6.91. The van der Waals surface area contributed by atoms with E-state index in [9.17, 15) is 9.59 Å². The Morgan fingerprint density at radius 3 is 2.63 bits per heavy atom. The van der Waals surface area contributed by atoms with Gasteiger partial charge in [0.2, 0.25) is 0 Å². The Labute approximate surface area is 107 Å². The summed E-state index contributed by atoms with van der Waals surface area (Å²) in [5.74, 6) is -1.35. The number of carboxylic acids is 1. The molecule has 0 amide bonds. The topological polar surface area (TPSA) is 113 Å². The van der Waals surface area contributed by atoms with Crippen molar-refractivity contribution in [1.29, 1.82) is 0 Å². The van der Waals surface area contributed by atoms with Crippen LogP contribution in [-0.4, -0.2) is 38.0 Å². The van der Waals surface area contributed by atoms with Gasteiger partial charge in [0, 0.05) is 6.20 Å². The van der Waals surface area contributed by atoms with Crippen LogP contribution >= 0.6 is 0 Å². The first-order chi connectivity index (χ1) is 9.00. The zero-order valence-electron chi connectivity index (χ0n) is 9.59. The van der Waals surface area contributed by atoms with E-state index in [1.807, 2.05) is 0 Å². The van der Waals surface area contributed by atoms with Gasteiger partial charge in [0.15, 0.2) is 0 Å². The summed E-state index contributed by atoms with van der Waals surface area (Å²) in [7, 11) is -1.68. The van der Waals surface area contributed by atoms with Crippen LogP contribution in [0.25, 0.3) is 5.69 Å². The van der Waals surface area contributed by atoms with E-state index in [2.05, 4.69) is 5.10 Å². The number of nitrogens with zero attached hydrogens (tertiary/aromatic N) is 2. The molecule has 2 rings (SSSR count). The number of benzene rings is 1. The lowest BCUT2D eigenvalue weighted by molar-refractivity contribution is 0.0694. The fraction of sp³-hybridized carbons (Fsp3) is 0. The summed E-state index contributed by atoms with van der Waals surface area (Å²) in [6.45, 7) is 0. The minimum absolute atomic E-state index is 0.173. The number of carbonyl (C=O) groups is 1. The molecular weight excluding hydrogens is 251 g/mol. The molecule has 1 aromatic heterocycles. The molecule has 19 heavy (non-hydrogen) atoms. The van der Waals surface area contributed by atoms with E-state index >= 15 is 0 Å². The van der Waals surface area contributed by atoms with Crippen molar-refractivity contribution < 1.29 is 19.9 Å². The second-order valence-electron chi connectivity index (χ2n) is 3.74. The van der Waals surface area contributed by atoms with Gasteiger partial charge in [-0.05, 0) is 23.7 Å². The molecule has 8 heteroatoms. The predicted molar refractivity (Wildman–Crippen MR) is 66.6 cm³/mol. The maximum absolute atomic E-state index is 11.9. The molecule has 0 atom stereocenters. The lowest BCUT2D eigenvalue weighted by Gasteiger charge is -2.07. The zero-order valence-corrected chi connectivity index (χ0v) is 9.59. The summed E-state index contributed by atoms with van der Waals surface area (Å²) in [4.78, 5) is 22.7. The minimum atomic E-state index is -1.68. The molecule has 0 fully saturated rings. The molecule has 0 unspecified atom stereocenters. The van der Waals surface area contributed by atoms with E-state index in [0.29, 0.717) is 0 Å². The van der Waals surface area contributed by atoms with Gasteiger partial charge in [-0.2, -0.15) is 9.78 Å². The van der Waals surface area contributed by atoms with Crippen LogP contribution in [0.2, 0.25) is 0 Å². The van der Waals surface area contributed by atoms with Gasteiger partial charge in [-0.25, -0.2) is 4.79 Å². The second-order valence-corrected chi connectivity index (χ2v) is 3.74. The molecule has 1 aromatic carbocycles. The van der Waals surface area contributed by atoms with Crippen LogP contribution in [0.15, 0.2) is 41.3 Å². The van der Waals surface area contributed by atoms with Crippen molar-refractivity contribution in [1.82, 2.24) is 9.78 Å². The number of carboxylic acid groups (broad SMARTS) is 1. The zero-order chi connectivity index (χ0) is 14.0. The van der Waals surface area contributed by atoms with Gasteiger partial charge in [0.1, 0.15) is 5.56 Å². The van der Waals surface area contributed by atoms with Crippen LogP contribution in [-0.2, 0) is 0 Å². The van der Waals surface area contributed by atoms with Crippen LogP contribution in [0, 0.1) is 0 Å². The first kappa shape index (κ1) is 13.0. The third-order valence-electron chi connectivity index (χ3n) is 2.49. The number of aromatic nitrogens is 2. The highest BCUT2D eigenvalue weighted by molar-refractivity contribution is 6.58. The highest BCUT2D eigenvalue weighted by Gasteiger charge is 2.15. The van der Waals surface area contributed by atoms with E-state index in [4.69, 9.17) is 15.2 Å². The number of rotatable bonds is 3. The molecule has 96 valence electrons. The summed E-state index contributed by atoms with van der Waals surface area (Å²) in [6.07, 6.45) is 1.19. The fourth-order valence-corrected chi connectivity index (χ4v) is 1.58. The van der Waals surface area contributed by atoms with Crippen molar-refractivity contribution in [3.63, 3.8) is 0 Å². The van der Waals surface area contributed by atoms with Gasteiger partial charge in [-0.1, -0.05) is 12.1 Å². The Morgan fingerprint density at radius 1 is 1.26 bits per heavy atom. The van der Waals surface area contributed by atoms with Crippen molar-refractivity contribution in [2.45, 2.75) is 0 Å². The molecule has 0 aliphatic heterocycles. The van der Waals surface area contributed by atoms with Crippen molar-refractivity contribution in [2.75, 3.05) is 0 Å². The monoisotopic (exact) mass is 260 g/mol. The van der Waals surface area contributed by atoms with E-state index in [1.165, 1.54) is 30.5 Å². The third-order valence-corrected chi connectivity index (χ3v) is 2.49. The van der Waals surface area contributed by atoms with Gasteiger partial charge in [0.05, 0.1) is 5.69 Å². The lowest BCUT2D eigenvalue weighted by atomic mass is 9.80. The smallest absolute Gasteiger partial charge is 0.477 e. The molecule has 0 aliphatic rings. The third kappa shape index (κ3) is 2.54. The Morgan fingerprint density at radius 2 is 2.00 bits per heavy atom. The molecular formula is C11H9BN2O5. The molecule has 0 saturated heterocycles. The first-order valence-corrected chi connectivity index (χ1v) is 5.29. The van der Waals surface area contributed by atoms with Crippen molar-refractivity contribution in [3.05, 3.63) is 52.4 Å². The molecule has 0 saturated carbocycles. The standard InChI is InChI=1S/C11H9BN2O5/c15-10-9(11(16)17)4-5-13-14(10)8-3-1-2-7(6-8)12(18)19/h1-6,18-19H,(H,16,17). The SMILES string of the molecule is O=C(O)c1ccnn(-c2cccc(B(O)O)c2)c1=O. The maximum Gasteiger partial charge on any atom is 0.488 e. The highest BCUT2D eigenvalue weighted by atomic mass is 16.4. The summed E-state index contributed by atoms with van der Waals surface area (Å²) < 4.78 is 0.884. The van der Waals surface area contributed by atoms with Crippen LogP contribution < -0.4 is 11.0 Å². The fourth-order valence-electron chi connectivity index (χ4n) is 1.58. The molecule has 0 aliphatic carbocycles. The van der Waals surface area contributed by atoms with Gasteiger partial charge < -0.3 is 15.2 Å². The van der Waals surface area contributed by atoms with Gasteiger partial charge in [0.25, 0.3) is 5.56 Å². The average Bonchev–Trinajstić information content (AvgIpc) is 2.38. The van der Waals surface area contributed by atoms with Crippen LogP contribution in [0.5, 0.6) is 0 Å². The van der Waals surface area contributed by atoms with Gasteiger partial charge in [-0.3, -0.25) is 4.79 Å². The second kappa shape index (κ2) is 5.05. The van der Waals surface area contributed by atoms with Gasteiger partial charge >= 0.3 is 13.1 Å². The number of aromatic carboxylic acids is 1. The summed E-state index contributed by atoms with van der Waals surface area (Å²) in [5.41, 5.74) is -0.782. The maximum atomic E-state index is 11.9. The molecule has 7 nitrogen and oxygen atoms in total. The normalized spacial score (nSPS) is 10.2. The Kier molecular flexibility index (Phi) is 3.45. The first-order valence-electron chi connectivity index (χ1n) is 5.29.